The molecule has 15 heavy (non-hydrogen) atoms. The molecule has 0 saturated heterocycles. The summed E-state index contributed by atoms with van der Waals surface area (Å²) >= 11 is 1.43. The fraction of sp³-hybridized carbons (Fsp3) is 0.111. The predicted octanol–water partition coefficient (Wildman–Crippen LogP) is 2.48. The fourth-order valence-electron chi connectivity index (χ4n) is 0.938. The van der Waals surface area contributed by atoms with Gasteiger partial charge < -0.3 is 9.26 Å². The molecule has 1 amide bonds. The van der Waals surface area contributed by atoms with E-state index in [1.165, 1.54) is 17.6 Å². The summed E-state index contributed by atoms with van der Waals surface area (Å²) in [4.78, 5) is 11.2. The summed E-state index contributed by atoms with van der Waals surface area (Å²) in [5.74, 6) is 0. The van der Waals surface area contributed by atoms with Crippen molar-refractivity contribution >= 4 is 22.4 Å². The molecule has 5 nitrogen and oxygen atoms in total. The molecule has 0 radical (unpaired) electrons. The van der Waals surface area contributed by atoms with Gasteiger partial charge in [0.2, 0.25) is 0 Å². The Hall–Kier alpha value is -1.82. The van der Waals surface area contributed by atoms with Crippen molar-refractivity contribution in [2.75, 3.05) is 5.32 Å². The van der Waals surface area contributed by atoms with Gasteiger partial charge in [-0.25, -0.2) is 4.79 Å². The first-order valence-electron chi connectivity index (χ1n) is 4.21. The van der Waals surface area contributed by atoms with Crippen LogP contribution in [0.15, 0.2) is 34.4 Å². The Kier molecular flexibility index (Phi) is 2.99. The number of amides is 1. The van der Waals surface area contributed by atoms with Gasteiger partial charge in [0.15, 0.2) is 0 Å². The first kappa shape index (κ1) is 9.72. The zero-order valence-electron chi connectivity index (χ0n) is 7.67. The van der Waals surface area contributed by atoms with Crippen LogP contribution in [0.25, 0.3) is 0 Å². The minimum Gasteiger partial charge on any atom is -0.443 e. The average Bonchev–Trinajstić information content (AvgIpc) is 2.86. The molecule has 0 spiro atoms. The third-order valence-electron chi connectivity index (χ3n) is 1.59. The molecule has 0 aliphatic heterocycles. The van der Waals surface area contributed by atoms with Crippen LogP contribution in [0.5, 0.6) is 0 Å². The molecule has 2 rings (SSSR count). The van der Waals surface area contributed by atoms with E-state index >= 15 is 0 Å². The Balaban J connectivity index is 1.78. The van der Waals surface area contributed by atoms with E-state index < -0.39 is 6.09 Å². The molecule has 0 unspecified atom stereocenters. The molecule has 0 aliphatic rings. The van der Waals surface area contributed by atoms with Crippen molar-refractivity contribution in [1.82, 2.24) is 5.16 Å². The highest BCUT2D eigenvalue weighted by Crippen LogP contribution is 2.15. The maximum absolute atomic E-state index is 11.2. The average molecular weight is 224 g/mol. The van der Waals surface area contributed by atoms with Gasteiger partial charge in [0.1, 0.15) is 18.6 Å². The summed E-state index contributed by atoms with van der Waals surface area (Å²) < 4.78 is 9.49. The van der Waals surface area contributed by atoms with E-state index in [9.17, 15) is 4.79 Å². The van der Waals surface area contributed by atoms with E-state index in [1.54, 1.807) is 12.1 Å². The minimum atomic E-state index is -0.500. The Morgan fingerprint density at radius 2 is 2.53 bits per heavy atom. The molecule has 0 fully saturated rings. The van der Waals surface area contributed by atoms with Crippen molar-refractivity contribution in [1.29, 1.82) is 0 Å². The van der Waals surface area contributed by atoms with Gasteiger partial charge in [0.05, 0.1) is 5.00 Å². The molecular formula is C9H8N2O3S. The van der Waals surface area contributed by atoms with Gasteiger partial charge in [0.25, 0.3) is 0 Å². The molecule has 0 aliphatic carbocycles. The van der Waals surface area contributed by atoms with Crippen LogP contribution in [0, 0.1) is 0 Å². The van der Waals surface area contributed by atoms with E-state index in [0.29, 0.717) is 5.69 Å². The fourth-order valence-corrected chi connectivity index (χ4v) is 1.54. The molecule has 0 atom stereocenters. The lowest BCUT2D eigenvalue weighted by molar-refractivity contribution is 0.152. The number of carbonyl (C=O) groups is 1. The second kappa shape index (κ2) is 4.61. The van der Waals surface area contributed by atoms with Crippen LogP contribution in [0.3, 0.4) is 0 Å². The standard InChI is InChI=1S/C9H8N2O3S/c12-9(10-8-2-1-5-15-8)13-6-7-3-4-14-11-7/h1-5H,6H2,(H,10,12). The molecule has 1 N–H and O–H groups in total. The van der Waals surface area contributed by atoms with Gasteiger partial charge in [-0.3, -0.25) is 5.32 Å². The second-order valence-corrected chi connectivity index (χ2v) is 3.62. The smallest absolute Gasteiger partial charge is 0.412 e. The number of hydrogen-bond acceptors (Lipinski definition) is 5. The van der Waals surface area contributed by atoms with Gasteiger partial charge in [-0.05, 0) is 17.5 Å². The van der Waals surface area contributed by atoms with Crippen LogP contribution in [0.1, 0.15) is 5.69 Å². The third kappa shape index (κ3) is 2.81. The van der Waals surface area contributed by atoms with Gasteiger partial charge in [-0.2, -0.15) is 0 Å². The number of thiophene rings is 1. The number of anilines is 1. The Labute approximate surface area is 89.6 Å². The number of nitrogens with one attached hydrogen (secondary N) is 1. The highest BCUT2D eigenvalue weighted by Gasteiger charge is 2.05. The summed E-state index contributed by atoms with van der Waals surface area (Å²) in [6, 6.07) is 5.28. The number of hydrogen-bond donors (Lipinski definition) is 1. The molecule has 6 heteroatoms. The molecular weight excluding hydrogens is 216 g/mol. The maximum Gasteiger partial charge on any atom is 0.412 e. The molecule has 0 saturated carbocycles. The maximum atomic E-state index is 11.2. The van der Waals surface area contributed by atoms with Crippen molar-refractivity contribution in [2.24, 2.45) is 0 Å². The van der Waals surface area contributed by atoms with Gasteiger partial charge in [0, 0.05) is 6.07 Å². The van der Waals surface area contributed by atoms with Crippen LogP contribution >= 0.6 is 11.3 Å². The number of nitrogens with zero attached hydrogens (tertiary/aromatic N) is 1. The monoisotopic (exact) mass is 224 g/mol. The summed E-state index contributed by atoms with van der Waals surface area (Å²) in [7, 11) is 0. The zero-order valence-corrected chi connectivity index (χ0v) is 8.49. The summed E-state index contributed by atoms with van der Waals surface area (Å²) in [6.07, 6.45) is 0.927. The summed E-state index contributed by atoms with van der Waals surface area (Å²) in [6.45, 7) is 0.105. The quantitative estimate of drug-likeness (QED) is 0.869. The van der Waals surface area contributed by atoms with Crippen molar-refractivity contribution < 1.29 is 14.1 Å². The number of rotatable bonds is 3. The summed E-state index contributed by atoms with van der Waals surface area (Å²) in [5, 5.41) is 8.81. The largest absolute Gasteiger partial charge is 0.443 e. The van der Waals surface area contributed by atoms with Crippen LogP contribution in [-0.2, 0) is 11.3 Å². The van der Waals surface area contributed by atoms with Crippen LogP contribution in [0.2, 0.25) is 0 Å². The third-order valence-corrected chi connectivity index (χ3v) is 2.37. The lowest BCUT2D eigenvalue weighted by Crippen LogP contribution is -2.12. The first-order valence-corrected chi connectivity index (χ1v) is 5.09. The van der Waals surface area contributed by atoms with Gasteiger partial charge in [-0.1, -0.05) is 5.16 Å². The molecule has 2 aromatic heterocycles. The van der Waals surface area contributed by atoms with E-state index in [0.717, 1.165) is 5.00 Å². The molecule has 2 aromatic rings. The topological polar surface area (TPSA) is 64.4 Å². The van der Waals surface area contributed by atoms with Crippen LogP contribution in [-0.4, -0.2) is 11.2 Å². The van der Waals surface area contributed by atoms with Crippen molar-refractivity contribution in [3.63, 3.8) is 0 Å². The van der Waals surface area contributed by atoms with Crippen molar-refractivity contribution in [3.05, 3.63) is 35.5 Å². The van der Waals surface area contributed by atoms with Crippen molar-refractivity contribution in [2.45, 2.75) is 6.61 Å². The summed E-state index contributed by atoms with van der Waals surface area (Å²) in [5.41, 5.74) is 0.580. The number of ether oxygens (including phenoxy) is 1. The lowest BCUT2D eigenvalue weighted by Gasteiger charge is -2.02. The highest BCUT2D eigenvalue weighted by atomic mass is 32.1. The van der Waals surface area contributed by atoms with Crippen LogP contribution in [0.4, 0.5) is 9.80 Å². The SMILES string of the molecule is O=C(Nc1cccs1)OCc1ccon1. The zero-order chi connectivity index (χ0) is 10.5. The first-order chi connectivity index (χ1) is 7.34. The Bertz CT molecular complexity index is 411. The van der Waals surface area contributed by atoms with E-state index in [-0.39, 0.29) is 6.61 Å². The van der Waals surface area contributed by atoms with Crippen LogP contribution < -0.4 is 5.32 Å². The number of carbonyl (C=O) groups excluding carboxylic acids is 1. The molecule has 2 heterocycles. The van der Waals surface area contributed by atoms with Gasteiger partial charge >= 0.3 is 6.09 Å². The lowest BCUT2D eigenvalue weighted by atomic mass is 10.5. The highest BCUT2D eigenvalue weighted by molar-refractivity contribution is 7.14. The van der Waals surface area contributed by atoms with E-state index in [2.05, 4.69) is 15.0 Å². The van der Waals surface area contributed by atoms with Gasteiger partial charge in [-0.15, -0.1) is 11.3 Å². The Morgan fingerprint density at radius 1 is 1.60 bits per heavy atom. The normalized spacial score (nSPS) is 9.87. The minimum absolute atomic E-state index is 0.105. The number of aromatic nitrogens is 1. The van der Waals surface area contributed by atoms with Crippen molar-refractivity contribution in [3.8, 4) is 0 Å². The molecule has 0 bridgehead atoms. The van der Waals surface area contributed by atoms with E-state index in [1.807, 2.05) is 11.4 Å². The predicted molar refractivity (Wildman–Crippen MR) is 54.6 cm³/mol. The second-order valence-electron chi connectivity index (χ2n) is 2.67. The molecule has 0 aromatic carbocycles. The molecule has 78 valence electrons. The Morgan fingerprint density at radius 3 is 3.20 bits per heavy atom. The van der Waals surface area contributed by atoms with E-state index in [4.69, 9.17) is 4.74 Å².